The largest absolute Gasteiger partial charge is 0.478 e. The van der Waals surface area contributed by atoms with Gasteiger partial charge in [0.15, 0.2) is 0 Å². The highest BCUT2D eigenvalue weighted by Gasteiger charge is 2.29. The number of alkyl carbamates (subject to hydrolysis) is 1. The molecule has 4 N–H and O–H groups in total. The molecular weight excluding hydrogens is 422 g/mol. The summed E-state index contributed by atoms with van der Waals surface area (Å²) in [5.74, 6) is -1.30. The number of carboxylic acids is 1. The van der Waals surface area contributed by atoms with Crippen molar-refractivity contribution in [1.29, 1.82) is 0 Å². The molecule has 33 heavy (non-hydrogen) atoms. The van der Waals surface area contributed by atoms with Gasteiger partial charge in [0.2, 0.25) is 0 Å². The van der Waals surface area contributed by atoms with E-state index in [1.165, 1.54) is 12.1 Å². The van der Waals surface area contributed by atoms with E-state index in [9.17, 15) is 24.9 Å². The summed E-state index contributed by atoms with van der Waals surface area (Å²) in [5, 5.41) is 32.6. The molecule has 3 aromatic rings. The summed E-state index contributed by atoms with van der Waals surface area (Å²) in [4.78, 5) is 23.7. The number of nitrogens with one attached hydrogen (secondary N) is 1. The van der Waals surface area contributed by atoms with Crippen LogP contribution in [0.4, 0.5) is 4.79 Å². The van der Waals surface area contributed by atoms with E-state index in [1.54, 1.807) is 13.0 Å². The number of aryl methyl sites for hydroxylation is 1. The number of fused-ring (bicyclic) bond motifs is 3. The molecule has 2 unspecified atom stereocenters. The molecule has 0 bridgehead atoms. The number of aliphatic hydroxyl groups excluding tert-OH is 2. The Balaban J connectivity index is 1.37. The quantitative estimate of drug-likeness (QED) is 0.440. The SMILES string of the molecule is Cc1ccc(C(=O)O)c(C(O)C(O)CNC(=O)OCC2c3ccccc3-c3ccccc32)c1. The standard InChI is InChI=1S/C26H25NO6/c1-15-10-11-20(25(30)31)21(12-15)24(29)23(28)13-27-26(32)33-14-22-18-8-4-2-6-16(18)17-7-3-5-9-19(17)22/h2-12,22-24,28-29H,13-14H2,1H3,(H,27,32)(H,30,31). The lowest BCUT2D eigenvalue weighted by molar-refractivity contribution is 0.0175. The fraction of sp³-hybridized carbons (Fsp3) is 0.231. The van der Waals surface area contributed by atoms with E-state index in [0.29, 0.717) is 0 Å². The molecule has 3 aromatic carbocycles. The van der Waals surface area contributed by atoms with Crippen LogP contribution in [0.3, 0.4) is 0 Å². The summed E-state index contributed by atoms with van der Waals surface area (Å²) in [6, 6.07) is 20.5. The second-order valence-corrected chi connectivity index (χ2v) is 8.11. The number of hydrogen-bond donors (Lipinski definition) is 4. The second kappa shape index (κ2) is 9.44. The van der Waals surface area contributed by atoms with Crippen LogP contribution in [0, 0.1) is 6.92 Å². The van der Waals surface area contributed by atoms with Crippen LogP contribution >= 0.6 is 0 Å². The van der Waals surface area contributed by atoms with Gasteiger partial charge >= 0.3 is 12.1 Å². The van der Waals surface area contributed by atoms with Crippen LogP contribution < -0.4 is 5.32 Å². The van der Waals surface area contributed by atoms with Gasteiger partial charge in [0.05, 0.1) is 5.56 Å². The van der Waals surface area contributed by atoms with Crippen LogP contribution in [0.2, 0.25) is 0 Å². The predicted octanol–water partition coefficient (Wildman–Crippen LogP) is 3.63. The third kappa shape index (κ3) is 4.60. The average Bonchev–Trinajstić information content (AvgIpc) is 3.14. The lowest BCUT2D eigenvalue weighted by Crippen LogP contribution is -2.36. The van der Waals surface area contributed by atoms with Crippen LogP contribution in [0.25, 0.3) is 11.1 Å². The Morgan fingerprint density at radius 1 is 0.970 bits per heavy atom. The number of amides is 1. The Kier molecular flexibility index (Phi) is 6.44. The number of carbonyl (C=O) groups is 2. The van der Waals surface area contributed by atoms with E-state index in [1.807, 2.05) is 48.5 Å². The molecule has 0 saturated heterocycles. The zero-order valence-electron chi connectivity index (χ0n) is 18.1. The van der Waals surface area contributed by atoms with E-state index in [4.69, 9.17) is 4.74 Å². The Hall–Kier alpha value is -3.68. The summed E-state index contributed by atoms with van der Waals surface area (Å²) in [5.41, 5.74) is 5.13. The van der Waals surface area contributed by atoms with E-state index < -0.39 is 24.3 Å². The number of benzene rings is 3. The van der Waals surface area contributed by atoms with E-state index >= 15 is 0 Å². The van der Waals surface area contributed by atoms with Gasteiger partial charge in [-0.2, -0.15) is 0 Å². The van der Waals surface area contributed by atoms with Gasteiger partial charge < -0.3 is 25.4 Å². The zero-order chi connectivity index (χ0) is 23.5. The van der Waals surface area contributed by atoms with Crippen molar-refractivity contribution in [1.82, 2.24) is 5.32 Å². The van der Waals surface area contributed by atoms with Gasteiger partial charge in [0, 0.05) is 12.5 Å². The normalized spacial score (nSPS) is 14.2. The molecule has 1 aliphatic carbocycles. The smallest absolute Gasteiger partial charge is 0.407 e. The number of aliphatic hydroxyl groups is 2. The Labute approximate surface area is 191 Å². The van der Waals surface area contributed by atoms with E-state index in [2.05, 4.69) is 5.32 Å². The van der Waals surface area contributed by atoms with Crippen molar-refractivity contribution in [3.63, 3.8) is 0 Å². The van der Waals surface area contributed by atoms with Crippen LogP contribution in [0.5, 0.6) is 0 Å². The third-order valence-corrected chi connectivity index (χ3v) is 5.92. The lowest BCUT2D eigenvalue weighted by Gasteiger charge is -2.21. The first-order valence-electron chi connectivity index (χ1n) is 10.7. The van der Waals surface area contributed by atoms with Gasteiger partial charge in [-0.3, -0.25) is 0 Å². The minimum atomic E-state index is -1.48. The molecule has 0 heterocycles. The van der Waals surface area contributed by atoms with Crippen molar-refractivity contribution in [2.24, 2.45) is 0 Å². The Bertz CT molecular complexity index is 1150. The lowest BCUT2D eigenvalue weighted by atomic mass is 9.96. The number of ether oxygens (including phenoxy) is 1. The summed E-state index contributed by atoms with van der Waals surface area (Å²) in [7, 11) is 0. The number of rotatable bonds is 7. The fourth-order valence-corrected chi connectivity index (χ4v) is 4.28. The fourth-order valence-electron chi connectivity index (χ4n) is 4.28. The first-order chi connectivity index (χ1) is 15.9. The van der Waals surface area contributed by atoms with Crippen LogP contribution in [0.15, 0.2) is 66.7 Å². The Morgan fingerprint density at radius 2 is 1.58 bits per heavy atom. The van der Waals surface area contributed by atoms with Gasteiger partial charge in [-0.1, -0.05) is 66.2 Å². The molecule has 4 rings (SSSR count). The highest BCUT2D eigenvalue weighted by Crippen LogP contribution is 2.44. The van der Waals surface area contributed by atoms with Crippen molar-refractivity contribution in [3.8, 4) is 11.1 Å². The van der Waals surface area contributed by atoms with Crippen molar-refractivity contribution >= 4 is 12.1 Å². The number of hydrogen-bond acceptors (Lipinski definition) is 5. The van der Waals surface area contributed by atoms with Gasteiger partial charge in [0.25, 0.3) is 0 Å². The molecule has 170 valence electrons. The molecule has 0 saturated carbocycles. The molecule has 0 fully saturated rings. The van der Waals surface area contributed by atoms with Crippen LogP contribution in [0.1, 0.15) is 44.6 Å². The van der Waals surface area contributed by atoms with Crippen molar-refractivity contribution in [2.75, 3.05) is 13.2 Å². The molecule has 7 heteroatoms. The molecule has 2 atom stereocenters. The van der Waals surface area contributed by atoms with Gasteiger partial charge in [-0.25, -0.2) is 9.59 Å². The topological polar surface area (TPSA) is 116 Å². The second-order valence-electron chi connectivity index (χ2n) is 8.11. The highest BCUT2D eigenvalue weighted by atomic mass is 16.5. The molecule has 7 nitrogen and oxygen atoms in total. The summed E-state index contributed by atoms with van der Waals surface area (Å²) in [6.45, 7) is 1.58. The molecule has 0 aliphatic heterocycles. The van der Waals surface area contributed by atoms with Gasteiger partial charge in [0.1, 0.15) is 18.8 Å². The summed E-state index contributed by atoms with van der Waals surface area (Å²) < 4.78 is 5.42. The van der Waals surface area contributed by atoms with Gasteiger partial charge in [-0.05, 0) is 40.8 Å². The molecular formula is C26H25NO6. The molecule has 1 amide bonds. The number of aromatic carboxylic acids is 1. The molecule has 0 spiro atoms. The Morgan fingerprint density at radius 3 is 2.18 bits per heavy atom. The summed E-state index contributed by atoms with van der Waals surface area (Å²) in [6.07, 6.45) is -3.62. The molecule has 0 aromatic heterocycles. The van der Waals surface area contributed by atoms with Crippen molar-refractivity contribution < 1.29 is 29.6 Å². The molecule has 0 radical (unpaired) electrons. The maximum absolute atomic E-state index is 12.3. The summed E-state index contributed by atoms with van der Waals surface area (Å²) >= 11 is 0. The first-order valence-corrected chi connectivity index (χ1v) is 10.7. The third-order valence-electron chi connectivity index (χ3n) is 5.92. The predicted molar refractivity (Wildman–Crippen MR) is 122 cm³/mol. The maximum atomic E-state index is 12.3. The number of carbonyl (C=O) groups excluding carboxylic acids is 1. The first kappa shape index (κ1) is 22.5. The van der Waals surface area contributed by atoms with E-state index in [-0.39, 0.29) is 30.2 Å². The highest BCUT2D eigenvalue weighted by molar-refractivity contribution is 5.89. The van der Waals surface area contributed by atoms with Crippen LogP contribution in [-0.4, -0.2) is 46.6 Å². The van der Waals surface area contributed by atoms with Gasteiger partial charge in [-0.15, -0.1) is 0 Å². The zero-order valence-corrected chi connectivity index (χ0v) is 18.1. The van der Waals surface area contributed by atoms with Crippen LogP contribution in [-0.2, 0) is 4.74 Å². The minimum Gasteiger partial charge on any atom is -0.478 e. The van der Waals surface area contributed by atoms with E-state index in [0.717, 1.165) is 27.8 Å². The monoisotopic (exact) mass is 447 g/mol. The minimum absolute atomic E-state index is 0.0873. The van der Waals surface area contributed by atoms with Crippen molar-refractivity contribution in [2.45, 2.75) is 25.0 Å². The van der Waals surface area contributed by atoms with Crippen molar-refractivity contribution in [3.05, 3.63) is 94.5 Å². The average molecular weight is 447 g/mol. The number of carboxylic acid groups (broad SMARTS) is 1. The maximum Gasteiger partial charge on any atom is 0.407 e. The molecule has 1 aliphatic rings.